The molecule has 5 fully saturated rings. The average Bonchev–Trinajstić information content (AvgIpc) is 1.49. The lowest BCUT2D eigenvalue weighted by Gasteiger charge is -2.43. The van der Waals surface area contributed by atoms with E-state index in [1.807, 2.05) is 24.3 Å². The van der Waals surface area contributed by atoms with Crippen molar-refractivity contribution in [3.05, 3.63) is 57.8 Å². The van der Waals surface area contributed by atoms with Crippen molar-refractivity contribution >= 4 is 88.3 Å². The Labute approximate surface area is 537 Å². The fourth-order valence-corrected chi connectivity index (χ4v) is 14.2. The molecular weight excluding hydrogens is 1210 g/mol. The summed E-state index contributed by atoms with van der Waals surface area (Å²) in [5.41, 5.74) is 40.8. The topological polar surface area (TPSA) is 495 Å². The normalized spacial score (nSPS) is 25.0. The lowest BCUT2D eigenvalue weighted by molar-refractivity contribution is -0.153. The number of amides is 10. The number of aliphatic hydroxyl groups is 1. The van der Waals surface area contributed by atoms with Gasteiger partial charge in [-0.25, -0.2) is 0 Å². The number of carbonyl (C=O) groups excluding carboxylic acids is 10. The first kappa shape index (κ1) is 69.2. The highest BCUT2D eigenvalue weighted by molar-refractivity contribution is 7.09. The third kappa shape index (κ3) is 18.1. The minimum Gasteiger partial charge on any atom is -0.391 e. The second kappa shape index (κ2) is 32.6. The van der Waals surface area contributed by atoms with E-state index in [1.165, 1.54) is 26.0 Å². The molecule has 92 heavy (non-hydrogen) atoms. The molecule has 1 aromatic carbocycles. The summed E-state index contributed by atoms with van der Waals surface area (Å²) < 4.78 is 0. The highest BCUT2D eigenvalue weighted by Gasteiger charge is 2.52. The lowest BCUT2D eigenvalue weighted by Crippen LogP contribution is -2.63. The lowest BCUT2D eigenvalue weighted by atomic mass is 9.84. The van der Waals surface area contributed by atoms with E-state index in [9.17, 15) is 43.5 Å². The maximum atomic E-state index is 15.5. The summed E-state index contributed by atoms with van der Waals surface area (Å²) in [6.45, 7) is -0.456. The Hall–Kier alpha value is -8.65. The Morgan fingerprint density at radius 2 is 1.41 bits per heavy atom. The van der Waals surface area contributed by atoms with E-state index >= 15 is 9.59 Å². The van der Waals surface area contributed by atoms with Crippen LogP contribution in [0.5, 0.6) is 0 Å². The van der Waals surface area contributed by atoms with Crippen molar-refractivity contribution in [1.82, 2.24) is 51.5 Å². The van der Waals surface area contributed by atoms with Gasteiger partial charge in [0, 0.05) is 76.0 Å². The number of thiophene rings is 1. The Kier molecular flexibility index (Phi) is 24.5. The highest BCUT2D eigenvalue weighted by Crippen LogP contribution is 2.41. The number of likely N-dealkylation sites (tertiary alicyclic amines) is 2. The van der Waals surface area contributed by atoms with E-state index < -0.39 is 126 Å². The summed E-state index contributed by atoms with van der Waals surface area (Å²) in [6.07, 6.45) is 4.12. The van der Waals surface area contributed by atoms with E-state index in [4.69, 9.17) is 40.1 Å². The largest absolute Gasteiger partial charge is 0.391 e. The van der Waals surface area contributed by atoms with Crippen LogP contribution in [0.2, 0.25) is 0 Å². The van der Waals surface area contributed by atoms with Gasteiger partial charge >= 0.3 is 0 Å². The van der Waals surface area contributed by atoms with E-state index in [1.54, 1.807) is 22.4 Å². The van der Waals surface area contributed by atoms with Gasteiger partial charge in [-0.05, 0) is 106 Å². The van der Waals surface area contributed by atoms with Crippen molar-refractivity contribution in [2.45, 2.75) is 182 Å². The van der Waals surface area contributed by atoms with Gasteiger partial charge in [0.15, 0.2) is 17.9 Å². The van der Waals surface area contributed by atoms with Crippen molar-refractivity contribution in [1.29, 1.82) is 0 Å². The number of hydrogen-bond acceptors (Lipinski definition) is 16. The van der Waals surface area contributed by atoms with Crippen molar-refractivity contribution in [2.75, 3.05) is 45.8 Å². The number of rotatable bonds is 24. The van der Waals surface area contributed by atoms with Crippen LogP contribution in [0, 0.1) is 5.92 Å². The maximum Gasteiger partial charge on any atom is 0.246 e. The van der Waals surface area contributed by atoms with E-state index in [0.717, 1.165) is 30.4 Å². The number of hydrogen-bond donors (Lipinski definition) is 14. The molecular formula is C60H90N20O11S. The molecule has 32 heteroatoms. The molecule has 1 saturated carbocycles. The minimum absolute atomic E-state index is 0.00244. The van der Waals surface area contributed by atoms with Crippen molar-refractivity contribution in [3.63, 3.8) is 0 Å². The average molecular weight is 1300 g/mol. The van der Waals surface area contributed by atoms with Gasteiger partial charge < -0.3 is 96.7 Å². The van der Waals surface area contributed by atoms with Crippen molar-refractivity contribution < 1.29 is 53.1 Å². The number of fused-ring (bicyclic) bond motifs is 5. The van der Waals surface area contributed by atoms with Gasteiger partial charge in [-0.2, -0.15) is 0 Å². The summed E-state index contributed by atoms with van der Waals surface area (Å²) >= 11 is 1.31. The van der Waals surface area contributed by atoms with Gasteiger partial charge in [0.1, 0.15) is 48.3 Å². The second-order valence-corrected chi connectivity index (χ2v) is 25.5. The summed E-state index contributed by atoms with van der Waals surface area (Å²) in [7, 11) is 0. The van der Waals surface area contributed by atoms with Gasteiger partial charge in [-0.15, -0.1) is 11.3 Å². The molecule has 10 amide bonds. The molecule has 5 aliphatic heterocycles. The summed E-state index contributed by atoms with van der Waals surface area (Å²) in [5, 5.41) is 29.4. The Bertz CT molecular complexity index is 3080. The van der Waals surface area contributed by atoms with Crippen LogP contribution in [0.25, 0.3) is 0 Å². The molecule has 502 valence electrons. The maximum absolute atomic E-state index is 15.5. The van der Waals surface area contributed by atoms with E-state index in [0.29, 0.717) is 37.0 Å². The quantitative estimate of drug-likeness (QED) is 0.0267. The van der Waals surface area contributed by atoms with Crippen molar-refractivity contribution in [2.24, 2.45) is 61.0 Å². The number of β-amino-alcohol motifs (C(OH)–C–C–N with tert-alkyl or cyclic N) is 1. The molecule has 2 aromatic rings. The van der Waals surface area contributed by atoms with E-state index in [2.05, 4.69) is 46.9 Å². The van der Waals surface area contributed by atoms with Crippen LogP contribution in [-0.4, -0.2) is 214 Å². The molecule has 21 N–H and O–H groups in total. The van der Waals surface area contributed by atoms with Gasteiger partial charge in [-0.3, -0.25) is 62.9 Å². The van der Waals surface area contributed by atoms with Crippen molar-refractivity contribution in [3.8, 4) is 0 Å². The second-order valence-electron chi connectivity index (χ2n) is 24.5. The fourth-order valence-electron chi connectivity index (χ4n) is 13.4. The summed E-state index contributed by atoms with van der Waals surface area (Å²) in [5.74, 6) is -6.70. The molecule has 6 aliphatic rings. The third-order valence-electron chi connectivity index (χ3n) is 18.0. The number of carbonyl (C=O) groups is 10. The Morgan fingerprint density at radius 3 is 2.12 bits per heavy atom. The molecule has 0 bridgehead atoms. The van der Waals surface area contributed by atoms with Crippen LogP contribution < -0.4 is 72.0 Å². The predicted molar refractivity (Wildman–Crippen MR) is 340 cm³/mol. The van der Waals surface area contributed by atoms with Gasteiger partial charge in [0.05, 0.1) is 18.7 Å². The SMILES string of the molecule is NC(N)=NCCC[C@@H](N)C(=O)N[C@@H](CCCN=C(N)N)C(=O)N1CCC[C@H]1C(=O)N1C[C@H](O)C[C@H]1C(=O)NCC(=O)N[C@@H](Cc1cccs1)C(=O)NC1CCNC(=O)[C@H](CCCN=C(N)N)NC(=O)[C@@H]2C[C@@H]3CCCC[C@@H]3N2C(=O)[C@H]2Cc3ccccc3CN2C1=O. The van der Waals surface area contributed by atoms with E-state index in [-0.39, 0.29) is 133 Å². The monoisotopic (exact) mass is 1300 g/mol. The molecule has 8 rings (SSSR count). The number of nitrogens with one attached hydrogen (secondary N) is 6. The predicted octanol–water partition coefficient (Wildman–Crippen LogP) is -4.58. The smallest absolute Gasteiger partial charge is 0.246 e. The fraction of sp³-hybridized carbons (Fsp3) is 0.617. The minimum atomic E-state index is -1.37. The number of aliphatic imine (C=N–C) groups is 3. The molecule has 1 aromatic heterocycles. The van der Waals surface area contributed by atoms with Crippen LogP contribution in [0.15, 0.2) is 56.8 Å². The van der Waals surface area contributed by atoms with Crippen LogP contribution in [0.1, 0.15) is 112 Å². The molecule has 1 aliphatic carbocycles. The zero-order valence-electron chi connectivity index (χ0n) is 51.8. The number of benzene rings is 1. The van der Waals surface area contributed by atoms with Gasteiger partial charge in [-0.1, -0.05) is 43.2 Å². The Balaban J connectivity index is 0.975. The highest BCUT2D eigenvalue weighted by atomic mass is 32.1. The number of nitrogens with two attached hydrogens (primary N) is 7. The van der Waals surface area contributed by atoms with Crippen LogP contribution in [0.4, 0.5) is 0 Å². The zero-order chi connectivity index (χ0) is 66.2. The first-order valence-corrected chi connectivity index (χ1v) is 32.6. The van der Waals surface area contributed by atoms with Gasteiger partial charge in [0.2, 0.25) is 59.1 Å². The molecule has 4 saturated heterocycles. The number of nitrogens with zero attached hydrogens (tertiary/aromatic N) is 7. The molecule has 0 radical (unpaired) electrons. The number of aliphatic hydroxyl groups excluding tert-OH is 1. The standard InChI is InChI=1S/C60H90N20O11S/c61-38(14-5-20-69-58(62)63)49(83)75-40(16-7-22-71-60(66)67)54(88)77-24-8-18-44(77)56(90)79-32-36(81)28-45(79)52(86)72-30-48(82)73-42(29-37-13-9-25-92-37)51(85)76-41-19-23-68-50(84)39(15-6-21-70-59(64)65)74-53(87)46-27-34-11-3-4-17-43(34)80(46)57(91)47-26-33-10-1-2-12-35(33)31-78(47)55(41)89/h1-2,9-10,12-13,25,34,36,38-47,81H,3-8,11,14-24,26-32,61H2,(H,68,84)(H,72,86)(H,73,82)(H,74,87)(H,75,83)(H,76,85)(H4,62,63,69)(H4,64,65,70)(H4,66,67,71)/t34-,36+,38+,39-,40-,41?,42-,43-,44-,45-,46-,47+/m0/s1. The third-order valence-corrected chi connectivity index (χ3v) is 18.9. The summed E-state index contributed by atoms with van der Waals surface area (Å²) in [4.78, 5) is 163. The van der Waals surface area contributed by atoms with Crippen LogP contribution in [-0.2, 0) is 67.3 Å². The zero-order valence-corrected chi connectivity index (χ0v) is 52.6. The molecule has 0 spiro atoms. The molecule has 1 unspecified atom stereocenters. The number of guanidine groups is 3. The van der Waals surface area contributed by atoms with Crippen LogP contribution >= 0.6 is 11.3 Å². The molecule has 6 heterocycles. The summed E-state index contributed by atoms with van der Waals surface area (Å²) in [6, 6.07) is 0.345. The first-order valence-electron chi connectivity index (χ1n) is 31.8. The molecule has 31 nitrogen and oxygen atoms in total. The van der Waals surface area contributed by atoms with Crippen LogP contribution in [0.3, 0.4) is 0 Å². The Morgan fingerprint density at radius 1 is 0.717 bits per heavy atom. The molecule has 12 atom stereocenters. The van der Waals surface area contributed by atoms with Gasteiger partial charge in [0.25, 0.3) is 0 Å². The first-order chi connectivity index (χ1) is 44.1.